The van der Waals surface area contributed by atoms with Gasteiger partial charge in [0.15, 0.2) is 0 Å². The van der Waals surface area contributed by atoms with Crippen molar-refractivity contribution in [1.29, 1.82) is 0 Å². The van der Waals surface area contributed by atoms with Crippen LogP contribution in [-0.4, -0.2) is 36.4 Å². The molecule has 18 heavy (non-hydrogen) atoms. The van der Waals surface area contributed by atoms with E-state index in [9.17, 15) is 9.59 Å². The van der Waals surface area contributed by atoms with Crippen LogP contribution >= 0.6 is 0 Å². The zero-order chi connectivity index (χ0) is 12.9. The summed E-state index contributed by atoms with van der Waals surface area (Å²) in [4.78, 5) is 23.9. The van der Waals surface area contributed by atoms with Crippen LogP contribution in [0.15, 0.2) is 0 Å². The number of esters is 2. The summed E-state index contributed by atoms with van der Waals surface area (Å²) in [5.41, 5.74) is 0. The van der Waals surface area contributed by atoms with Gasteiger partial charge in [0.2, 0.25) is 0 Å². The Labute approximate surface area is 105 Å². The molecule has 1 aliphatic heterocycles. The highest BCUT2D eigenvalue weighted by Gasteiger charge is 2.68. The Kier molecular flexibility index (Phi) is 2.81. The van der Waals surface area contributed by atoms with Crippen LogP contribution in [0.2, 0.25) is 0 Å². The van der Waals surface area contributed by atoms with E-state index in [1.54, 1.807) is 6.92 Å². The van der Waals surface area contributed by atoms with Gasteiger partial charge in [0, 0.05) is 18.4 Å². The van der Waals surface area contributed by atoms with Crippen molar-refractivity contribution in [3.63, 3.8) is 0 Å². The van der Waals surface area contributed by atoms with E-state index < -0.39 is 0 Å². The molecule has 2 saturated carbocycles. The summed E-state index contributed by atoms with van der Waals surface area (Å²) in [5, 5.41) is 9.12. The Morgan fingerprint density at radius 3 is 2.94 bits per heavy atom. The number of carbonyl (C=O) groups is 2. The van der Waals surface area contributed by atoms with Crippen LogP contribution in [0.1, 0.15) is 19.8 Å². The van der Waals surface area contributed by atoms with Crippen LogP contribution < -0.4 is 0 Å². The third-order valence-electron chi connectivity index (χ3n) is 4.79. The molecular formula is C13H18O5. The number of carbonyl (C=O) groups excluding carboxylic acids is 2. The monoisotopic (exact) mass is 254 g/mol. The maximum Gasteiger partial charge on any atom is 0.310 e. The van der Waals surface area contributed by atoms with Gasteiger partial charge in [-0.1, -0.05) is 0 Å². The highest BCUT2D eigenvalue weighted by atomic mass is 16.6. The lowest BCUT2D eigenvalue weighted by Gasteiger charge is -2.30. The van der Waals surface area contributed by atoms with E-state index >= 15 is 0 Å². The van der Waals surface area contributed by atoms with Crippen molar-refractivity contribution in [3.8, 4) is 0 Å². The predicted molar refractivity (Wildman–Crippen MR) is 60.3 cm³/mol. The van der Waals surface area contributed by atoms with Crippen LogP contribution in [0.25, 0.3) is 0 Å². The molecule has 2 bridgehead atoms. The number of rotatable bonds is 4. The SMILES string of the molecule is CCOC(=O)C1C2CC3C(OC(=O)C31)C2CCO. The predicted octanol–water partition coefficient (Wildman–Crippen LogP) is 0.356. The molecule has 5 nitrogen and oxygen atoms in total. The first-order chi connectivity index (χ1) is 8.69. The molecule has 100 valence electrons. The van der Waals surface area contributed by atoms with Gasteiger partial charge in [0.1, 0.15) is 6.10 Å². The van der Waals surface area contributed by atoms with Crippen LogP contribution in [0.5, 0.6) is 0 Å². The maximum atomic E-state index is 12.0. The second kappa shape index (κ2) is 4.23. The largest absolute Gasteiger partial charge is 0.466 e. The van der Waals surface area contributed by atoms with Gasteiger partial charge >= 0.3 is 11.9 Å². The van der Waals surface area contributed by atoms with Crippen LogP contribution in [0.3, 0.4) is 0 Å². The fraction of sp³-hybridized carbons (Fsp3) is 0.846. The molecular weight excluding hydrogens is 236 g/mol. The highest BCUT2D eigenvalue weighted by molar-refractivity contribution is 5.85. The minimum absolute atomic E-state index is 0.0716. The zero-order valence-corrected chi connectivity index (χ0v) is 10.4. The fourth-order valence-corrected chi connectivity index (χ4v) is 4.28. The van der Waals surface area contributed by atoms with Crippen molar-refractivity contribution >= 4 is 11.9 Å². The minimum Gasteiger partial charge on any atom is -0.466 e. The summed E-state index contributed by atoms with van der Waals surface area (Å²) in [6.07, 6.45) is 1.38. The standard InChI is InChI=1S/C13H18O5/c1-2-17-12(15)9-7-5-8-10(9)13(16)18-11(8)6(7)3-4-14/h6-11,14H,2-5H2,1H3. The smallest absolute Gasteiger partial charge is 0.310 e. The van der Waals surface area contributed by atoms with Gasteiger partial charge in [0.05, 0.1) is 18.4 Å². The van der Waals surface area contributed by atoms with Gasteiger partial charge in [-0.25, -0.2) is 0 Å². The fourth-order valence-electron chi connectivity index (χ4n) is 4.28. The van der Waals surface area contributed by atoms with Gasteiger partial charge in [0.25, 0.3) is 0 Å². The number of ether oxygens (including phenoxy) is 2. The number of aliphatic hydroxyl groups is 1. The summed E-state index contributed by atoms with van der Waals surface area (Å²) >= 11 is 0. The van der Waals surface area contributed by atoms with E-state index in [2.05, 4.69) is 0 Å². The molecule has 0 aromatic rings. The number of fused-ring (bicyclic) bond motifs is 1. The molecule has 0 radical (unpaired) electrons. The minimum atomic E-state index is -0.349. The summed E-state index contributed by atoms with van der Waals surface area (Å²) in [6, 6.07) is 0. The van der Waals surface area contributed by atoms with Gasteiger partial charge in [-0.2, -0.15) is 0 Å². The molecule has 3 rings (SSSR count). The van der Waals surface area contributed by atoms with Crippen molar-refractivity contribution in [2.24, 2.45) is 29.6 Å². The van der Waals surface area contributed by atoms with Crippen molar-refractivity contribution in [2.75, 3.05) is 13.2 Å². The van der Waals surface area contributed by atoms with Crippen LogP contribution in [0, 0.1) is 29.6 Å². The molecule has 3 fully saturated rings. The molecule has 1 saturated heterocycles. The number of aliphatic hydroxyl groups excluding tert-OH is 1. The van der Waals surface area contributed by atoms with Crippen molar-refractivity contribution in [2.45, 2.75) is 25.9 Å². The average Bonchev–Trinajstić information content (AvgIpc) is 2.92. The molecule has 6 atom stereocenters. The number of hydrogen-bond acceptors (Lipinski definition) is 5. The summed E-state index contributed by atoms with van der Waals surface area (Å²) in [7, 11) is 0. The third kappa shape index (κ3) is 1.43. The van der Waals surface area contributed by atoms with Crippen LogP contribution in [0.4, 0.5) is 0 Å². The van der Waals surface area contributed by atoms with Gasteiger partial charge in [-0.15, -0.1) is 0 Å². The zero-order valence-electron chi connectivity index (χ0n) is 10.4. The van der Waals surface area contributed by atoms with E-state index in [4.69, 9.17) is 14.6 Å². The van der Waals surface area contributed by atoms with Gasteiger partial charge < -0.3 is 14.6 Å². The van der Waals surface area contributed by atoms with Gasteiger partial charge in [-0.05, 0) is 25.7 Å². The lowest BCUT2D eigenvalue weighted by molar-refractivity contribution is -0.155. The molecule has 1 N–H and O–H groups in total. The Bertz CT molecular complexity index is 380. The molecule has 3 aliphatic rings. The van der Waals surface area contributed by atoms with Gasteiger partial charge in [-0.3, -0.25) is 9.59 Å². The molecule has 0 aromatic heterocycles. The Morgan fingerprint density at radius 2 is 2.28 bits per heavy atom. The van der Waals surface area contributed by atoms with Crippen LogP contribution in [-0.2, 0) is 19.1 Å². The second-order valence-electron chi connectivity index (χ2n) is 5.44. The molecule has 0 amide bonds. The maximum absolute atomic E-state index is 12.0. The Balaban J connectivity index is 1.87. The lowest BCUT2D eigenvalue weighted by atomic mass is 9.73. The topological polar surface area (TPSA) is 72.8 Å². The van der Waals surface area contributed by atoms with Crippen molar-refractivity contribution < 1.29 is 24.2 Å². The first kappa shape index (κ1) is 12.0. The molecule has 1 heterocycles. The Morgan fingerprint density at radius 1 is 1.50 bits per heavy atom. The molecule has 0 aromatic carbocycles. The summed E-state index contributed by atoms with van der Waals surface area (Å²) in [6.45, 7) is 2.18. The van der Waals surface area contributed by atoms with Crippen molar-refractivity contribution in [3.05, 3.63) is 0 Å². The summed E-state index contributed by atoms with van der Waals surface area (Å²) < 4.78 is 10.5. The molecule has 5 heteroatoms. The molecule has 0 spiro atoms. The molecule has 2 aliphatic carbocycles. The third-order valence-corrected chi connectivity index (χ3v) is 4.79. The van der Waals surface area contributed by atoms with Crippen molar-refractivity contribution in [1.82, 2.24) is 0 Å². The van der Waals surface area contributed by atoms with E-state index in [0.29, 0.717) is 13.0 Å². The van der Waals surface area contributed by atoms with E-state index in [-0.39, 0.29) is 54.2 Å². The van der Waals surface area contributed by atoms with E-state index in [1.807, 2.05) is 0 Å². The number of hydrogen-bond donors (Lipinski definition) is 1. The lowest BCUT2D eigenvalue weighted by Crippen LogP contribution is -2.38. The van der Waals surface area contributed by atoms with E-state index in [0.717, 1.165) is 6.42 Å². The normalized spacial score (nSPS) is 44.2. The highest BCUT2D eigenvalue weighted by Crippen LogP contribution is 2.61. The first-order valence-corrected chi connectivity index (χ1v) is 6.67. The average molecular weight is 254 g/mol. The van der Waals surface area contributed by atoms with E-state index in [1.165, 1.54) is 0 Å². The molecule has 6 unspecified atom stereocenters. The second-order valence-corrected chi connectivity index (χ2v) is 5.44. The quantitative estimate of drug-likeness (QED) is 0.733. The first-order valence-electron chi connectivity index (χ1n) is 6.67. The Hall–Kier alpha value is -1.10. The summed E-state index contributed by atoms with van der Waals surface area (Å²) in [5.74, 6) is -0.735.